The van der Waals surface area contributed by atoms with Gasteiger partial charge in [0, 0.05) is 18.7 Å². The lowest BCUT2D eigenvalue weighted by atomic mass is 9.78. The first-order valence-corrected chi connectivity index (χ1v) is 7.57. The first kappa shape index (κ1) is 15.9. The van der Waals surface area contributed by atoms with Crippen LogP contribution in [0.25, 0.3) is 0 Å². The van der Waals surface area contributed by atoms with E-state index in [4.69, 9.17) is 10.5 Å². The van der Waals surface area contributed by atoms with Gasteiger partial charge in [-0.2, -0.15) is 0 Å². The standard InChI is InChI=1S/C15H32N2O/c1-5-7-8-10-17(4)15(13-16)9-11-18-14(3,6-2)12-15/h5-13,16H2,1-4H3. The van der Waals surface area contributed by atoms with Gasteiger partial charge in [-0.1, -0.05) is 26.7 Å². The Morgan fingerprint density at radius 2 is 2.00 bits per heavy atom. The summed E-state index contributed by atoms with van der Waals surface area (Å²) in [5, 5.41) is 0. The molecule has 0 spiro atoms. The van der Waals surface area contributed by atoms with E-state index in [-0.39, 0.29) is 11.1 Å². The molecule has 18 heavy (non-hydrogen) atoms. The van der Waals surface area contributed by atoms with Crippen molar-refractivity contribution in [3.8, 4) is 0 Å². The maximum atomic E-state index is 6.12. The first-order valence-electron chi connectivity index (χ1n) is 7.57. The van der Waals surface area contributed by atoms with E-state index in [9.17, 15) is 0 Å². The molecule has 1 aliphatic heterocycles. The summed E-state index contributed by atoms with van der Waals surface area (Å²) in [5.41, 5.74) is 6.28. The molecular formula is C15H32N2O. The van der Waals surface area contributed by atoms with Crippen LogP contribution in [0.5, 0.6) is 0 Å². The van der Waals surface area contributed by atoms with Gasteiger partial charge in [0.2, 0.25) is 0 Å². The monoisotopic (exact) mass is 256 g/mol. The number of hydrogen-bond acceptors (Lipinski definition) is 3. The molecule has 1 fully saturated rings. The molecule has 1 aliphatic rings. The SMILES string of the molecule is CCCCCN(C)C1(CN)CCOC(C)(CC)C1. The minimum atomic E-state index is 0.0106. The van der Waals surface area contributed by atoms with E-state index in [1.165, 1.54) is 19.3 Å². The molecule has 0 aromatic heterocycles. The summed E-state index contributed by atoms with van der Waals surface area (Å²) in [5.74, 6) is 0. The maximum Gasteiger partial charge on any atom is 0.0670 e. The number of nitrogens with two attached hydrogens (primary N) is 1. The summed E-state index contributed by atoms with van der Waals surface area (Å²) in [6.45, 7) is 9.44. The molecule has 1 rings (SSSR count). The highest BCUT2D eigenvalue weighted by Gasteiger charge is 2.43. The maximum absolute atomic E-state index is 6.12. The normalized spacial score (nSPS) is 33.0. The van der Waals surface area contributed by atoms with Gasteiger partial charge in [0.1, 0.15) is 0 Å². The van der Waals surface area contributed by atoms with Crippen LogP contribution in [0.1, 0.15) is 59.3 Å². The molecule has 0 radical (unpaired) electrons. The van der Waals surface area contributed by atoms with Gasteiger partial charge in [0.15, 0.2) is 0 Å². The van der Waals surface area contributed by atoms with Crippen molar-refractivity contribution in [2.45, 2.75) is 70.4 Å². The molecular weight excluding hydrogens is 224 g/mol. The lowest BCUT2D eigenvalue weighted by molar-refractivity contribution is -0.124. The molecule has 0 aliphatic carbocycles. The zero-order valence-electron chi connectivity index (χ0n) is 12.8. The fourth-order valence-corrected chi connectivity index (χ4v) is 3.04. The van der Waals surface area contributed by atoms with Crippen molar-refractivity contribution in [1.29, 1.82) is 0 Å². The molecule has 0 bridgehead atoms. The van der Waals surface area contributed by atoms with Crippen LogP contribution in [0, 0.1) is 0 Å². The van der Waals surface area contributed by atoms with Crippen molar-refractivity contribution < 1.29 is 4.74 Å². The Morgan fingerprint density at radius 1 is 1.28 bits per heavy atom. The summed E-state index contributed by atoms with van der Waals surface area (Å²) >= 11 is 0. The zero-order chi connectivity index (χ0) is 13.6. The summed E-state index contributed by atoms with van der Waals surface area (Å²) < 4.78 is 5.97. The number of nitrogens with zero attached hydrogens (tertiary/aromatic N) is 1. The van der Waals surface area contributed by atoms with Crippen LogP contribution >= 0.6 is 0 Å². The van der Waals surface area contributed by atoms with Crippen molar-refractivity contribution in [3.63, 3.8) is 0 Å². The first-order chi connectivity index (χ1) is 8.52. The minimum absolute atomic E-state index is 0.0106. The molecule has 1 saturated heterocycles. The van der Waals surface area contributed by atoms with Crippen LogP contribution in [0.3, 0.4) is 0 Å². The Hall–Kier alpha value is -0.120. The third kappa shape index (κ3) is 3.69. The molecule has 2 N–H and O–H groups in total. The molecule has 0 saturated carbocycles. The number of hydrogen-bond donors (Lipinski definition) is 1. The molecule has 0 amide bonds. The van der Waals surface area contributed by atoms with Crippen molar-refractivity contribution in [1.82, 2.24) is 4.90 Å². The van der Waals surface area contributed by atoms with E-state index < -0.39 is 0 Å². The Labute approximate surface area is 113 Å². The lowest BCUT2D eigenvalue weighted by Gasteiger charge is -2.50. The van der Waals surface area contributed by atoms with Gasteiger partial charge in [-0.25, -0.2) is 0 Å². The fourth-order valence-electron chi connectivity index (χ4n) is 3.04. The second-order valence-electron chi connectivity index (χ2n) is 6.14. The van der Waals surface area contributed by atoms with E-state index in [2.05, 4.69) is 32.7 Å². The van der Waals surface area contributed by atoms with Crippen LogP contribution < -0.4 is 5.73 Å². The second kappa shape index (κ2) is 6.88. The summed E-state index contributed by atoms with van der Waals surface area (Å²) in [4.78, 5) is 2.50. The highest BCUT2D eigenvalue weighted by atomic mass is 16.5. The van der Waals surface area contributed by atoms with E-state index in [1.54, 1.807) is 0 Å². The summed E-state index contributed by atoms with van der Waals surface area (Å²) in [7, 11) is 2.24. The van der Waals surface area contributed by atoms with Gasteiger partial charge in [-0.05, 0) is 46.2 Å². The average molecular weight is 256 g/mol. The number of unbranched alkanes of at least 4 members (excludes halogenated alkanes) is 2. The van der Waals surface area contributed by atoms with Crippen molar-refractivity contribution in [2.24, 2.45) is 5.73 Å². The van der Waals surface area contributed by atoms with E-state index in [0.717, 1.165) is 39.0 Å². The third-order valence-corrected chi connectivity index (χ3v) is 4.76. The number of rotatable bonds is 7. The van der Waals surface area contributed by atoms with Crippen molar-refractivity contribution in [3.05, 3.63) is 0 Å². The molecule has 1 heterocycles. The second-order valence-corrected chi connectivity index (χ2v) is 6.14. The minimum Gasteiger partial charge on any atom is -0.375 e. The number of ether oxygens (including phenoxy) is 1. The lowest BCUT2D eigenvalue weighted by Crippen LogP contribution is -2.60. The Bertz CT molecular complexity index is 247. The Kier molecular flexibility index (Phi) is 6.09. The highest BCUT2D eigenvalue weighted by Crippen LogP contribution is 2.37. The third-order valence-electron chi connectivity index (χ3n) is 4.76. The Balaban J connectivity index is 2.65. The largest absolute Gasteiger partial charge is 0.375 e. The molecule has 0 aromatic rings. The quantitative estimate of drug-likeness (QED) is 0.712. The predicted molar refractivity (Wildman–Crippen MR) is 77.8 cm³/mol. The zero-order valence-corrected chi connectivity index (χ0v) is 12.8. The van der Waals surface area contributed by atoms with Crippen molar-refractivity contribution in [2.75, 3.05) is 26.7 Å². The van der Waals surface area contributed by atoms with Crippen molar-refractivity contribution >= 4 is 0 Å². The topological polar surface area (TPSA) is 38.5 Å². The smallest absolute Gasteiger partial charge is 0.0670 e. The van der Waals surface area contributed by atoms with Crippen LogP contribution in [-0.4, -0.2) is 42.8 Å². The predicted octanol–water partition coefficient (Wildman–Crippen LogP) is 2.79. The van der Waals surface area contributed by atoms with E-state index in [1.807, 2.05) is 0 Å². The van der Waals surface area contributed by atoms with Gasteiger partial charge < -0.3 is 10.5 Å². The van der Waals surface area contributed by atoms with Crippen LogP contribution in [0.2, 0.25) is 0 Å². The Morgan fingerprint density at radius 3 is 2.56 bits per heavy atom. The molecule has 3 nitrogen and oxygen atoms in total. The summed E-state index contributed by atoms with van der Waals surface area (Å²) in [6, 6.07) is 0. The molecule has 108 valence electrons. The van der Waals surface area contributed by atoms with E-state index in [0.29, 0.717) is 0 Å². The molecule has 0 aromatic carbocycles. The average Bonchev–Trinajstić information content (AvgIpc) is 2.38. The van der Waals surface area contributed by atoms with Gasteiger partial charge in [-0.15, -0.1) is 0 Å². The van der Waals surface area contributed by atoms with Crippen LogP contribution in [-0.2, 0) is 4.74 Å². The fraction of sp³-hybridized carbons (Fsp3) is 1.00. The molecule has 3 heteroatoms. The van der Waals surface area contributed by atoms with Gasteiger partial charge in [0.25, 0.3) is 0 Å². The van der Waals surface area contributed by atoms with E-state index >= 15 is 0 Å². The van der Waals surface area contributed by atoms with Crippen LogP contribution in [0.15, 0.2) is 0 Å². The van der Waals surface area contributed by atoms with Gasteiger partial charge in [0.05, 0.1) is 5.60 Å². The van der Waals surface area contributed by atoms with Gasteiger partial charge >= 0.3 is 0 Å². The number of likely N-dealkylation sites (N-methyl/N-ethyl adjacent to an activating group) is 1. The van der Waals surface area contributed by atoms with Gasteiger partial charge in [-0.3, -0.25) is 4.90 Å². The molecule has 2 unspecified atom stereocenters. The molecule has 2 atom stereocenters. The van der Waals surface area contributed by atoms with Crippen LogP contribution in [0.4, 0.5) is 0 Å². The highest BCUT2D eigenvalue weighted by molar-refractivity contribution is 4.99. The summed E-state index contributed by atoms with van der Waals surface area (Å²) in [6.07, 6.45) is 7.07.